The third kappa shape index (κ3) is 6.70. The number of nitrogens with zero attached hydrogens (tertiary/aromatic N) is 1. The minimum absolute atomic E-state index is 0.594. The molecule has 2 aromatic carbocycles. The average Bonchev–Trinajstić information content (AvgIpc) is 2.60. The van der Waals surface area contributed by atoms with Crippen LogP contribution in [0.25, 0.3) is 0 Å². The summed E-state index contributed by atoms with van der Waals surface area (Å²) in [5.74, 6) is 1.92. The Bertz CT molecular complexity index is 729. The van der Waals surface area contributed by atoms with E-state index in [1.807, 2.05) is 30.3 Å². The highest BCUT2D eigenvalue weighted by Crippen LogP contribution is 2.10. The van der Waals surface area contributed by atoms with Crippen molar-refractivity contribution in [3.63, 3.8) is 0 Å². The summed E-state index contributed by atoms with van der Waals surface area (Å²) in [5, 5.41) is 6.54. The Balaban J connectivity index is 1.74. The molecule has 0 bridgehead atoms. The molecule has 2 aromatic rings. The Morgan fingerprint density at radius 1 is 1.08 bits per heavy atom. The normalized spacial score (nSPS) is 12.7. The highest BCUT2D eigenvalue weighted by molar-refractivity contribution is 7.84. The van der Waals surface area contributed by atoms with Crippen LogP contribution in [0.1, 0.15) is 22.3 Å². The van der Waals surface area contributed by atoms with Gasteiger partial charge in [0.2, 0.25) is 0 Å². The average molecular weight is 358 g/mol. The van der Waals surface area contributed by atoms with Crippen LogP contribution in [-0.4, -0.2) is 29.5 Å². The first-order chi connectivity index (χ1) is 12.1. The third-order valence-corrected chi connectivity index (χ3v) is 5.28. The van der Waals surface area contributed by atoms with E-state index < -0.39 is 10.8 Å². The van der Waals surface area contributed by atoms with E-state index in [0.29, 0.717) is 18.1 Å². The van der Waals surface area contributed by atoms with E-state index in [1.54, 1.807) is 7.05 Å². The molecule has 0 radical (unpaired) electrons. The van der Waals surface area contributed by atoms with Crippen LogP contribution in [0.5, 0.6) is 0 Å². The van der Waals surface area contributed by atoms with Gasteiger partial charge in [-0.25, -0.2) is 0 Å². The number of benzene rings is 2. The van der Waals surface area contributed by atoms with Crippen LogP contribution in [-0.2, 0) is 23.1 Å². The minimum atomic E-state index is -0.881. The fraction of sp³-hybridized carbons (Fsp3) is 0.350. The van der Waals surface area contributed by atoms with Gasteiger partial charge in [-0.15, -0.1) is 0 Å². The zero-order valence-electron chi connectivity index (χ0n) is 15.2. The number of hydrogen-bond acceptors (Lipinski definition) is 2. The zero-order valence-corrected chi connectivity index (χ0v) is 16.0. The zero-order chi connectivity index (χ0) is 18.1. The first-order valence-corrected chi connectivity index (χ1v) is 9.97. The van der Waals surface area contributed by atoms with Crippen molar-refractivity contribution in [1.82, 2.24) is 10.6 Å². The first kappa shape index (κ1) is 19.2. The molecule has 0 aliphatic carbocycles. The van der Waals surface area contributed by atoms with Crippen LogP contribution < -0.4 is 10.6 Å². The molecule has 4 nitrogen and oxygen atoms in total. The summed E-state index contributed by atoms with van der Waals surface area (Å²) >= 11 is 0. The van der Waals surface area contributed by atoms with Crippen molar-refractivity contribution in [3.05, 3.63) is 70.8 Å². The number of hydrogen-bond donors (Lipinski definition) is 2. The lowest BCUT2D eigenvalue weighted by Gasteiger charge is -2.13. The van der Waals surface area contributed by atoms with Crippen LogP contribution in [0.3, 0.4) is 0 Å². The predicted octanol–water partition coefficient (Wildman–Crippen LogP) is 2.92. The molecule has 2 rings (SSSR count). The van der Waals surface area contributed by atoms with E-state index in [9.17, 15) is 4.21 Å². The number of aliphatic imine (C=N–C) groups is 1. The van der Waals surface area contributed by atoms with Crippen molar-refractivity contribution in [2.75, 3.05) is 19.3 Å². The van der Waals surface area contributed by atoms with Gasteiger partial charge in [0.15, 0.2) is 5.96 Å². The van der Waals surface area contributed by atoms with Crippen LogP contribution in [0.15, 0.2) is 53.5 Å². The molecule has 0 aliphatic rings. The second-order valence-electron chi connectivity index (χ2n) is 6.06. The molecular formula is C20H27N3OS. The molecule has 2 N–H and O–H groups in total. The number of aryl methyl sites for hydroxylation is 2. The molecule has 1 atom stereocenters. The molecule has 0 saturated carbocycles. The summed E-state index contributed by atoms with van der Waals surface area (Å²) in [7, 11) is 0.867. The van der Waals surface area contributed by atoms with Crippen molar-refractivity contribution in [1.29, 1.82) is 0 Å². The van der Waals surface area contributed by atoms with Gasteiger partial charge >= 0.3 is 0 Å². The molecule has 0 spiro atoms. The fourth-order valence-corrected chi connectivity index (χ4v) is 3.60. The summed E-state index contributed by atoms with van der Waals surface area (Å²) in [6.07, 6.45) is 0. The molecule has 0 aromatic heterocycles. The van der Waals surface area contributed by atoms with Crippen LogP contribution in [0.4, 0.5) is 0 Å². The molecule has 134 valence electrons. The van der Waals surface area contributed by atoms with E-state index in [4.69, 9.17) is 0 Å². The second-order valence-corrected chi connectivity index (χ2v) is 7.63. The van der Waals surface area contributed by atoms with Gasteiger partial charge in [-0.05, 0) is 30.5 Å². The number of rotatable bonds is 7. The van der Waals surface area contributed by atoms with E-state index in [0.717, 1.165) is 18.1 Å². The van der Waals surface area contributed by atoms with Gasteiger partial charge in [0.25, 0.3) is 0 Å². The smallest absolute Gasteiger partial charge is 0.191 e. The third-order valence-electron chi connectivity index (χ3n) is 3.96. The topological polar surface area (TPSA) is 53.5 Å². The summed E-state index contributed by atoms with van der Waals surface area (Å²) in [5.41, 5.74) is 4.90. The Morgan fingerprint density at radius 3 is 2.52 bits per heavy atom. The van der Waals surface area contributed by atoms with Gasteiger partial charge < -0.3 is 10.6 Å². The molecular weight excluding hydrogens is 330 g/mol. The van der Waals surface area contributed by atoms with Gasteiger partial charge in [0.05, 0.1) is 0 Å². The van der Waals surface area contributed by atoms with E-state index in [2.05, 4.69) is 47.7 Å². The Morgan fingerprint density at radius 2 is 1.84 bits per heavy atom. The fourth-order valence-electron chi connectivity index (χ4n) is 2.56. The highest BCUT2D eigenvalue weighted by Gasteiger charge is 2.04. The first-order valence-electron chi connectivity index (χ1n) is 8.48. The summed E-state index contributed by atoms with van der Waals surface area (Å²) in [6, 6.07) is 16.4. The van der Waals surface area contributed by atoms with E-state index >= 15 is 0 Å². The van der Waals surface area contributed by atoms with Crippen LogP contribution >= 0.6 is 0 Å². The lowest BCUT2D eigenvalue weighted by Crippen LogP contribution is -2.38. The minimum Gasteiger partial charge on any atom is -0.355 e. The molecule has 0 fully saturated rings. The van der Waals surface area contributed by atoms with Crippen molar-refractivity contribution < 1.29 is 4.21 Å². The standard InChI is InChI=1S/C20H27N3OS/c1-16-9-10-19(17(2)13-16)14-23-20(21-3)22-11-12-25(24)15-18-7-5-4-6-8-18/h4-10,13H,11-12,14-15H2,1-3H3,(H2,21,22,23). The monoisotopic (exact) mass is 357 g/mol. The molecule has 5 heteroatoms. The molecule has 25 heavy (non-hydrogen) atoms. The maximum atomic E-state index is 12.1. The van der Waals surface area contributed by atoms with Gasteiger partial charge in [0.1, 0.15) is 0 Å². The van der Waals surface area contributed by atoms with Gasteiger partial charge in [-0.3, -0.25) is 9.20 Å². The second kappa shape index (κ2) is 9.99. The maximum Gasteiger partial charge on any atom is 0.191 e. The van der Waals surface area contributed by atoms with Crippen LogP contribution in [0, 0.1) is 13.8 Å². The molecule has 0 heterocycles. The van der Waals surface area contributed by atoms with E-state index in [-0.39, 0.29) is 0 Å². The lowest BCUT2D eigenvalue weighted by atomic mass is 10.1. The van der Waals surface area contributed by atoms with Crippen molar-refractivity contribution in [3.8, 4) is 0 Å². The molecule has 0 amide bonds. The van der Waals surface area contributed by atoms with Crippen LogP contribution in [0.2, 0.25) is 0 Å². The summed E-state index contributed by atoms with van der Waals surface area (Å²) in [4.78, 5) is 4.23. The van der Waals surface area contributed by atoms with Gasteiger partial charge in [0, 0.05) is 42.4 Å². The Hall–Kier alpha value is -2.14. The van der Waals surface area contributed by atoms with Gasteiger partial charge in [-0.1, -0.05) is 54.1 Å². The van der Waals surface area contributed by atoms with Crippen molar-refractivity contribution in [2.24, 2.45) is 4.99 Å². The lowest BCUT2D eigenvalue weighted by molar-refractivity contribution is 0.680. The number of guanidine groups is 1. The summed E-state index contributed by atoms with van der Waals surface area (Å²) in [6.45, 7) is 5.57. The molecule has 0 aliphatic heterocycles. The highest BCUT2D eigenvalue weighted by atomic mass is 32.2. The predicted molar refractivity (Wildman–Crippen MR) is 107 cm³/mol. The quantitative estimate of drug-likeness (QED) is 0.592. The van der Waals surface area contributed by atoms with Crippen molar-refractivity contribution >= 4 is 16.8 Å². The largest absolute Gasteiger partial charge is 0.355 e. The Labute approximate surface area is 153 Å². The number of nitrogens with one attached hydrogen (secondary N) is 2. The molecule has 1 unspecified atom stereocenters. The van der Waals surface area contributed by atoms with E-state index in [1.165, 1.54) is 16.7 Å². The maximum absolute atomic E-state index is 12.1. The molecule has 0 saturated heterocycles. The Kier molecular flexibility index (Phi) is 7.67. The van der Waals surface area contributed by atoms with Crippen molar-refractivity contribution in [2.45, 2.75) is 26.1 Å². The van der Waals surface area contributed by atoms with Gasteiger partial charge in [-0.2, -0.15) is 0 Å². The SMILES string of the molecule is CN=C(NCCS(=O)Cc1ccccc1)NCc1ccc(C)cc1C. The summed E-state index contributed by atoms with van der Waals surface area (Å²) < 4.78 is 12.1.